The molecule has 1 heterocycles. The van der Waals surface area contributed by atoms with Crippen LogP contribution in [0.5, 0.6) is 11.5 Å². The molecule has 2 aromatic rings. The highest BCUT2D eigenvalue weighted by molar-refractivity contribution is 5.75. The van der Waals surface area contributed by atoms with Gasteiger partial charge < -0.3 is 20.1 Å². The molecule has 0 spiro atoms. The van der Waals surface area contributed by atoms with Crippen LogP contribution in [0.4, 0.5) is 18.0 Å². The molecule has 8 heteroatoms. The van der Waals surface area contributed by atoms with E-state index in [0.29, 0.717) is 30.3 Å². The van der Waals surface area contributed by atoms with Crippen molar-refractivity contribution in [2.45, 2.75) is 32.1 Å². The molecule has 28 heavy (non-hydrogen) atoms. The van der Waals surface area contributed by atoms with Crippen LogP contribution in [0.25, 0.3) is 0 Å². The van der Waals surface area contributed by atoms with Crippen molar-refractivity contribution in [1.82, 2.24) is 10.6 Å². The van der Waals surface area contributed by atoms with E-state index in [2.05, 4.69) is 10.6 Å². The molecule has 0 radical (unpaired) electrons. The van der Waals surface area contributed by atoms with Crippen LogP contribution in [0.3, 0.4) is 0 Å². The molecule has 0 bridgehead atoms. The van der Waals surface area contributed by atoms with Crippen molar-refractivity contribution in [3.8, 4) is 11.5 Å². The van der Waals surface area contributed by atoms with Crippen molar-refractivity contribution in [2.75, 3.05) is 13.2 Å². The average Bonchev–Trinajstić information content (AvgIpc) is 2.66. The van der Waals surface area contributed by atoms with Gasteiger partial charge in [-0.1, -0.05) is 18.2 Å². The van der Waals surface area contributed by atoms with Gasteiger partial charge in [-0.05, 0) is 49.2 Å². The summed E-state index contributed by atoms with van der Waals surface area (Å²) < 4.78 is 49.6. The number of rotatable bonds is 4. The molecule has 2 aromatic carbocycles. The number of ether oxygens (including phenoxy) is 2. The highest BCUT2D eigenvalue weighted by Crippen LogP contribution is 2.33. The molecule has 0 aromatic heterocycles. The number of alkyl halides is 3. The number of hydrogen-bond acceptors (Lipinski definition) is 3. The largest absolute Gasteiger partial charge is 0.486 e. The minimum atomic E-state index is -4.43. The fraction of sp³-hybridized carbons (Fsp3) is 0.350. The molecule has 0 saturated carbocycles. The van der Waals surface area contributed by atoms with Crippen LogP contribution < -0.4 is 20.1 Å². The first-order chi connectivity index (χ1) is 13.2. The zero-order valence-corrected chi connectivity index (χ0v) is 15.5. The van der Waals surface area contributed by atoms with Gasteiger partial charge in [-0.2, -0.15) is 13.2 Å². The second-order valence-electron chi connectivity index (χ2n) is 6.59. The number of nitrogens with one attached hydrogen (secondary N) is 2. The molecule has 2 unspecified atom stereocenters. The Morgan fingerprint density at radius 2 is 1.54 bits per heavy atom. The van der Waals surface area contributed by atoms with E-state index >= 15 is 0 Å². The number of carbonyl (C=O) groups is 1. The highest BCUT2D eigenvalue weighted by Gasteiger charge is 2.30. The first-order valence-electron chi connectivity index (χ1n) is 8.88. The Morgan fingerprint density at radius 1 is 0.929 bits per heavy atom. The second-order valence-corrected chi connectivity index (χ2v) is 6.59. The molecule has 2 atom stereocenters. The lowest BCUT2D eigenvalue weighted by atomic mass is 10.0. The minimum absolute atomic E-state index is 0.329. The summed E-state index contributed by atoms with van der Waals surface area (Å²) in [5.41, 5.74) is 0.451. The van der Waals surface area contributed by atoms with Gasteiger partial charge in [0.1, 0.15) is 13.2 Å². The number of carbonyl (C=O) groups excluding carboxylic acids is 1. The van der Waals surface area contributed by atoms with E-state index in [1.165, 1.54) is 6.07 Å². The minimum Gasteiger partial charge on any atom is -0.486 e. The molecule has 2 amide bonds. The van der Waals surface area contributed by atoms with Crippen molar-refractivity contribution in [1.29, 1.82) is 0 Å². The fourth-order valence-electron chi connectivity index (χ4n) is 2.92. The van der Waals surface area contributed by atoms with Crippen LogP contribution >= 0.6 is 0 Å². The van der Waals surface area contributed by atoms with Gasteiger partial charge in [0, 0.05) is 0 Å². The first-order valence-corrected chi connectivity index (χ1v) is 8.88. The predicted molar refractivity (Wildman–Crippen MR) is 97.4 cm³/mol. The quantitative estimate of drug-likeness (QED) is 0.797. The lowest BCUT2D eigenvalue weighted by Gasteiger charge is -2.22. The number of amides is 2. The lowest BCUT2D eigenvalue weighted by molar-refractivity contribution is -0.137. The molecule has 1 aliphatic heterocycles. The summed E-state index contributed by atoms with van der Waals surface area (Å²) in [6.45, 7) is 4.40. The van der Waals surface area contributed by atoms with Crippen molar-refractivity contribution in [2.24, 2.45) is 0 Å². The van der Waals surface area contributed by atoms with Crippen molar-refractivity contribution in [3.63, 3.8) is 0 Å². The van der Waals surface area contributed by atoms with Crippen LogP contribution in [0.1, 0.15) is 42.6 Å². The molecular weight excluding hydrogens is 373 g/mol. The number of hydrogen-bond donors (Lipinski definition) is 2. The van der Waals surface area contributed by atoms with Gasteiger partial charge in [0.2, 0.25) is 0 Å². The topological polar surface area (TPSA) is 59.6 Å². The summed E-state index contributed by atoms with van der Waals surface area (Å²) in [6, 6.07) is 8.92. The zero-order chi connectivity index (χ0) is 20.3. The monoisotopic (exact) mass is 394 g/mol. The summed E-state index contributed by atoms with van der Waals surface area (Å²) in [5, 5.41) is 5.44. The average molecular weight is 394 g/mol. The van der Waals surface area contributed by atoms with E-state index in [-0.39, 0.29) is 6.04 Å². The van der Waals surface area contributed by atoms with Crippen molar-refractivity contribution < 1.29 is 27.4 Å². The van der Waals surface area contributed by atoms with Crippen LogP contribution in [0, 0.1) is 0 Å². The molecule has 2 N–H and O–H groups in total. The number of halogens is 3. The Morgan fingerprint density at radius 3 is 2.18 bits per heavy atom. The molecule has 150 valence electrons. The third-order valence-corrected chi connectivity index (χ3v) is 4.48. The maximum Gasteiger partial charge on any atom is 0.416 e. The van der Waals surface area contributed by atoms with Gasteiger partial charge in [-0.25, -0.2) is 4.79 Å². The molecule has 0 aliphatic carbocycles. The maximum absolute atomic E-state index is 12.9. The summed E-state index contributed by atoms with van der Waals surface area (Å²) in [6.07, 6.45) is -4.43. The number of fused-ring (bicyclic) bond motifs is 1. The van der Waals surface area contributed by atoms with Crippen molar-refractivity contribution >= 4 is 6.03 Å². The molecule has 1 aliphatic rings. The SMILES string of the molecule is CC(NC(=O)NC(C)c1ccc2c(c1)OCCO2)c1cccc(C(F)(F)F)c1. The first kappa shape index (κ1) is 19.9. The predicted octanol–water partition coefficient (Wildman–Crippen LogP) is 4.60. The third-order valence-electron chi connectivity index (χ3n) is 4.48. The standard InChI is InChI=1S/C20H21F3N2O3/c1-12(14-4-3-5-16(10-14)20(21,22)23)24-19(26)25-13(2)15-6-7-17-18(11-15)28-9-8-27-17/h3-7,10-13H,8-9H2,1-2H3,(H2,24,25,26). The molecule has 0 fully saturated rings. The Bertz CT molecular complexity index is 855. The van der Waals surface area contributed by atoms with Crippen LogP contribution in [-0.4, -0.2) is 19.2 Å². The third kappa shape index (κ3) is 4.68. The van der Waals surface area contributed by atoms with E-state index < -0.39 is 23.8 Å². The molecule has 5 nitrogen and oxygen atoms in total. The van der Waals surface area contributed by atoms with E-state index in [4.69, 9.17) is 9.47 Å². The van der Waals surface area contributed by atoms with Gasteiger partial charge in [0.25, 0.3) is 0 Å². The fourth-order valence-corrected chi connectivity index (χ4v) is 2.92. The Labute approximate surface area is 160 Å². The van der Waals surface area contributed by atoms with Crippen LogP contribution in [0.15, 0.2) is 42.5 Å². The summed E-state index contributed by atoms with van der Waals surface area (Å²) in [7, 11) is 0. The Kier molecular flexibility index (Phi) is 5.67. The van der Waals surface area contributed by atoms with Gasteiger partial charge >= 0.3 is 12.2 Å². The summed E-state index contributed by atoms with van der Waals surface area (Å²) in [4.78, 5) is 12.3. The van der Waals surface area contributed by atoms with E-state index in [9.17, 15) is 18.0 Å². The van der Waals surface area contributed by atoms with Crippen LogP contribution in [0.2, 0.25) is 0 Å². The van der Waals surface area contributed by atoms with E-state index in [0.717, 1.165) is 17.7 Å². The number of benzene rings is 2. The van der Waals surface area contributed by atoms with Crippen LogP contribution in [-0.2, 0) is 6.18 Å². The molecular formula is C20H21F3N2O3. The second kappa shape index (κ2) is 8.00. The maximum atomic E-state index is 12.9. The smallest absolute Gasteiger partial charge is 0.416 e. The molecule has 3 rings (SSSR count). The van der Waals surface area contributed by atoms with Gasteiger partial charge in [0.15, 0.2) is 11.5 Å². The Balaban J connectivity index is 1.62. The van der Waals surface area contributed by atoms with E-state index in [1.807, 2.05) is 6.07 Å². The Hall–Kier alpha value is -2.90. The van der Waals surface area contributed by atoms with E-state index in [1.54, 1.807) is 32.0 Å². The zero-order valence-electron chi connectivity index (χ0n) is 15.5. The normalized spacial score (nSPS) is 15.5. The lowest BCUT2D eigenvalue weighted by Crippen LogP contribution is -2.38. The number of urea groups is 1. The van der Waals surface area contributed by atoms with Gasteiger partial charge in [-0.15, -0.1) is 0 Å². The van der Waals surface area contributed by atoms with Gasteiger partial charge in [-0.3, -0.25) is 0 Å². The summed E-state index contributed by atoms with van der Waals surface area (Å²) >= 11 is 0. The van der Waals surface area contributed by atoms with Gasteiger partial charge in [0.05, 0.1) is 17.6 Å². The molecule has 0 saturated heterocycles. The summed E-state index contributed by atoms with van der Waals surface area (Å²) in [5.74, 6) is 1.28. The highest BCUT2D eigenvalue weighted by atomic mass is 19.4. The van der Waals surface area contributed by atoms with Crippen molar-refractivity contribution in [3.05, 3.63) is 59.2 Å².